The van der Waals surface area contributed by atoms with E-state index in [2.05, 4.69) is 11.9 Å². The number of anilines is 1. The van der Waals surface area contributed by atoms with Crippen LogP contribution in [0.4, 0.5) is 5.69 Å². The van der Waals surface area contributed by atoms with Gasteiger partial charge < -0.3 is 10.5 Å². The molecule has 1 heterocycles. The van der Waals surface area contributed by atoms with Crippen molar-refractivity contribution in [2.45, 2.75) is 32.8 Å². The van der Waals surface area contributed by atoms with Crippen molar-refractivity contribution in [3.05, 3.63) is 17.3 Å². The number of rotatable bonds is 4. The second kappa shape index (κ2) is 5.05. The minimum absolute atomic E-state index is 0.144. The van der Waals surface area contributed by atoms with Crippen LogP contribution in [0.5, 0.6) is 5.88 Å². The van der Waals surface area contributed by atoms with Crippen LogP contribution in [-0.4, -0.2) is 11.1 Å². The molecule has 14 heavy (non-hydrogen) atoms. The van der Waals surface area contributed by atoms with E-state index in [1.165, 1.54) is 0 Å². The Bertz CT molecular complexity index is 284. The van der Waals surface area contributed by atoms with Gasteiger partial charge in [0.15, 0.2) is 0 Å². The second-order valence-corrected chi connectivity index (χ2v) is 3.67. The molecule has 2 N–H and O–H groups in total. The summed E-state index contributed by atoms with van der Waals surface area (Å²) >= 11 is 5.74. The fourth-order valence-electron chi connectivity index (χ4n) is 1.22. The van der Waals surface area contributed by atoms with E-state index < -0.39 is 0 Å². The highest BCUT2D eigenvalue weighted by Crippen LogP contribution is 2.19. The Morgan fingerprint density at radius 3 is 2.86 bits per heavy atom. The molecule has 1 unspecified atom stereocenters. The van der Waals surface area contributed by atoms with Crippen LogP contribution in [0, 0.1) is 0 Å². The normalized spacial score (nSPS) is 12.5. The second-order valence-electron chi connectivity index (χ2n) is 3.28. The summed E-state index contributed by atoms with van der Waals surface area (Å²) in [5.74, 6) is 0.496. The Morgan fingerprint density at radius 1 is 1.57 bits per heavy atom. The van der Waals surface area contributed by atoms with Crippen LogP contribution in [0.3, 0.4) is 0 Å². The molecule has 1 rings (SSSR count). The van der Waals surface area contributed by atoms with E-state index in [1.807, 2.05) is 6.92 Å². The van der Waals surface area contributed by atoms with Gasteiger partial charge in [-0.2, -0.15) is 0 Å². The molecule has 0 aromatic carbocycles. The number of aromatic nitrogens is 1. The number of hydrogen-bond acceptors (Lipinski definition) is 3. The Balaban J connectivity index is 2.66. The maximum absolute atomic E-state index is 5.74. The van der Waals surface area contributed by atoms with Gasteiger partial charge in [-0.3, -0.25) is 0 Å². The van der Waals surface area contributed by atoms with Crippen molar-refractivity contribution in [3.8, 4) is 5.88 Å². The molecule has 0 saturated heterocycles. The average molecular weight is 215 g/mol. The highest BCUT2D eigenvalue weighted by atomic mass is 35.5. The molecule has 0 bridgehead atoms. The van der Waals surface area contributed by atoms with Crippen molar-refractivity contribution >= 4 is 17.3 Å². The van der Waals surface area contributed by atoms with E-state index >= 15 is 0 Å². The standard InChI is InChI=1S/C10H15ClN2O/c1-3-4-7(2)14-10-6-8(12)5-9(11)13-10/h5-7H,3-4H2,1-2H3,(H2,12,13). The van der Waals surface area contributed by atoms with Crippen LogP contribution in [0.1, 0.15) is 26.7 Å². The van der Waals surface area contributed by atoms with E-state index in [1.54, 1.807) is 12.1 Å². The third-order valence-electron chi connectivity index (χ3n) is 1.81. The third-order valence-corrected chi connectivity index (χ3v) is 2.00. The van der Waals surface area contributed by atoms with Gasteiger partial charge in [-0.05, 0) is 19.4 Å². The minimum atomic E-state index is 0.144. The number of ether oxygens (including phenoxy) is 1. The van der Waals surface area contributed by atoms with Crippen molar-refractivity contribution in [3.63, 3.8) is 0 Å². The van der Waals surface area contributed by atoms with Gasteiger partial charge in [-0.1, -0.05) is 24.9 Å². The molecule has 0 aliphatic rings. The van der Waals surface area contributed by atoms with E-state index in [0.717, 1.165) is 12.8 Å². The van der Waals surface area contributed by atoms with Crippen molar-refractivity contribution < 1.29 is 4.74 Å². The lowest BCUT2D eigenvalue weighted by molar-refractivity contribution is 0.201. The number of nitrogens with two attached hydrogens (primary N) is 1. The fourth-order valence-corrected chi connectivity index (χ4v) is 1.43. The SMILES string of the molecule is CCCC(C)Oc1cc(N)cc(Cl)n1. The molecular weight excluding hydrogens is 200 g/mol. The molecule has 1 aromatic heterocycles. The van der Waals surface area contributed by atoms with Crippen molar-refractivity contribution in [1.29, 1.82) is 0 Å². The first-order valence-corrected chi connectivity index (χ1v) is 5.09. The highest BCUT2D eigenvalue weighted by molar-refractivity contribution is 6.29. The Labute approximate surface area is 89.2 Å². The van der Waals surface area contributed by atoms with Crippen molar-refractivity contribution in [2.75, 3.05) is 5.73 Å². The molecule has 1 aromatic rings. The lowest BCUT2D eigenvalue weighted by atomic mass is 10.2. The van der Waals surface area contributed by atoms with Crippen molar-refractivity contribution in [2.24, 2.45) is 0 Å². The Morgan fingerprint density at radius 2 is 2.29 bits per heavy atom. The van der Waals surface area contributed by atoms with Gasteiger partial charge in [0, 0.05) is 11.8 Å². The zero-order valence-electron chi connectivity index (χ0n) is 8.46. The number of halogens is 1. The van der Waals surface area contributed by atoms with E-state index in [-0.39, 0.29) is 6.10 Å². The summed E-state index contributed by atoms with van der Waals surface area (Å²) in [6, 6.07) is 3.27. The molecule has 0 saturated carbocycles. The van der Waals surface area contributed by atoms with Gasteiger partial charge in [0.2, 0.25) is 5.88 Å². The van der Waals surface area contributed by atoms with Crippen molar-refractivity contribution in [1.82, 2.24) is 4.98 Å². The molecule has 4 heteroatoms. The molecule has 0 amide bonds. The quantitative estimate of drug-likeness (QED) is 0.785. The topological polar surface area (TPSA) is 48.1 Å². The fraction of sp³-hybridized carbons (Fsp3) is 0.500. The van der Waals surface area contributed by atoms with Crippen LogP contribution in [0.15, 0.2) is 12.1 Å². The Hall–Kier alpha value is -0.960. The molecule has 78 valence electrons. The summed E-state index contributed by atoms with van der Waals surface area (Å²) < 4.78 is 5.54. The van der Waals surface area contributed by atoms with E-state index in [0.29, 0.717) is 16.7 Å². The van der Waals surface area contributed by atoms with E-state index in [9.17, 15) is 0 Å². The molecular formula is C10H15ClN2O. The lowest BCUT2D eigenvalue weighted by Crippen LogP contribution is -2.12. The van der Waals surface area contributed by atoms with Crippen LogP contribution in [-0.2, 0) is 0 Å². The summed E-state index contributed by atoms with van der Waals surface area (Å²) in [5.41, 5.74) is 6.18. The molecule has 3 nitrogen and oxygen atoms in total. The summed E-state index contributed by atoms with van der Waals surface area (Å²) in [6.07, 6.45) is 2.22. The zero-order valence-corrected chi connectivity index (χ0v) is 9.21. The number of nitrogen functional groups attached to an aromatic ring is 1. The lowest BCUT2D eigenvalue weighted by Gasteiger charge is -2.13. The summed E-state index contributed by atoms with van der Waals surface area (Å²) in [6.45, 7) is 4.11. The summed E-state index contributed by atoms with van der Waals surface area (Å²) in [7, 11) is 0. The maximum Gasteiger partial charge on any atom is 0.216 e. The Kier molecular flexibility index (Phi) is 4.01. The van der Waals surface area contributed by atoms with Crippen LogP contribution in [0.25, 0.3) is 0 Å². The predicted molar refractivity (Wildman–Crippen MR) is 58.7 cm³/mol. The minimum Gasteiger partial charge on any atom is -0.475 e. The van der Waals surface area contributed by atoms with Gasteiger partial charge >= 0.3 is 0 Å². The van der Waals surface area contributed by atoms with Gasteiger partial charge in [-0.25, -0.2) is 4.98 Å². The molecule has 1 atom stereocenters. The smallest absolute Gasteiger partial charge is 0.216 e. The number of nitrogens with zero attached hydrogens (tertiary/aromatic N) is 1. The monoisotopic (exact) mass is 214 g/mol. The average Bonchev–Trinajstić information content (AvgIpc) is 2.01. The highest BCUT2D eigenvalue weighted by Gasteiger charge is 2.05. The number of hydrogen-bond donors (Lipinski definition) is 1. The summed E-state index contributed by atoms with van der Waals surface area (Å²) in [4.78, 5) is 4.02. The van der Waals surface area contributed by atoms with Crippen LogP contribution < -0.4 is 10.5 Å². The molecule has 0 radical (unpaired) electrons. The van der Waals surface area contributed by atoms with Gasteiger partial charge in [0.05, 0.1) is 6.10 Å². The first-order chi connectivity index (χ1) is 6.61. The molecule has 0 aliphatic heterocycles. The molecule has 0 aliphatic carbocycles. The van der Waals surface area contributed by atoms with E-state index in [4.69, 9.17) is 22.1 Å². The molecule has 0 spiro atoms. The maximum atomic E-state index is 5.74. The molecule has 0 fully saturated rings. The van der Waals surface area contributed by atoms with Crippen LogP contribution in [0.2, 0.25) is 5.15 Å². The first kappa shape index (κ1) is 11.1. The largest absolute Gasteiger partial charge is 0.475 e. The first-order valence-electron chi connectivity index (χ1n) is 4.71. The zero-order chi connectivity index (χ0) is 10.6. The van der Waals surface area contributed by atoms with Gasteiger partial charge in [0.25, 0.3) is 0 Å². The van der Waals surface area contributed by atoms with Gasteiger partial charge in [0.1, 0.15) is 5.15 Å². The predicted octanol–water partition coefficient (Wildman–Crippen LogP) is 2.88. The third kappa shape index (κ3) is 3.42. The van der Waals surface area contributed by atoms with Crippen LogP contribution >= 0.6 is 11.6 Å². The van der Waals surface area contributed by atoms with Gasteiger partial charge in [-0.15, -0.1) is 0 Å². The summed E-state index contributed by atoms with van der Waals surface area (Å²) in [5, 5.41) is 0.365. The number of pyridine rings is 1.